The second-order valence-corrected chi connectivity index (χ2v) is 8.85. The molecule has 0 saturated heterocycles. The second kappa shape index (κ2) is 16.3. The van der Waals surface area contributed by atoms with Crippen LogP contribution in [0.2, 0.25) is 0 Å². The smallest absolute Gasteiger partial charge is 0.397 e. The molecule has 6 nitrogen and oxygen atoms in total. The van der Waals surface area contributed by atoms with Crippen LogP contribution in [-0.4, -0.2) is 25.5 Å². The molecule has 0 atom stereocenters. The number of carbonyl (C=O) groups is 1. The van der Waals surface area contributed by atoms with Crippen molar-refractivity contribution in [3.8, 4) is 5.75 Å². The first-order chi connectivity index (χ1) is 14.4. The zero-order valence-corrected chi connectivity index (χ0v) is 19.1. The molecule has 0 aliphatic rings. The highest BCUT2D eigenvalue weighted by atomic mass is 32.3. The highest BCUT2D eigenvalue weighted by Gasteiger charge is 2.09. The summed E-state index contributed by atoms with van der Waals surface area (Å²) in [6.07, 6.45) is 16.7. The molecule has 0 unspecified atom stereocenters. The summed E-state index contributed by atoms with van der Waals surface area (Å²) in [4.78, 5) is 11.6. The molecular formula is C23H38O6S. The van der Waals surface area contributed by atoms with Crippen LogP contribution in [0.3, 0.4) is 0 Å². The van der Waals surface area contributed by atoms with Gasteiger partial charge in [0.25, 0.3) is 0 Å². The fourth-order valence-electron chi connectivity index (χ4n) is 3.31. The van der Waals surface area contributed by atoms with Crippen LogP contribution < -0.4 is 4.74 Å². The highest BCUT2D eigenvalue weighted by molar-refractivity contribution is 7.80. The standard InChI is InChI=1S/C23H38O6S/c1-2-3-4-5-6-7-8-9-10-11-12-13-14-21-15-17-22(18-16-21)29-23(24)19-20-28-30(25,26)27/h15-18H,2-14,19-20H2,1H3,(H,25,26,27). The number of carbonyl (C=O) groups excluding carboxylic acids is 1. The summed E-state index contributed by atoms with van der Waals surface area (Å²) in [6, 6.07) is 7.35. The zero-order valence-electron chi connectivity index (χ0n) is 18.3. The quantitative estimate of drug-likeness (QED) is 0.129. The van der Waals surface area contributed by atoms with Crippen LogP contribution >= 0.6 is 0 Å². The van der Waals surface area contributed by atoms with Gasteiger partial charge < -0.3 is 4.74 Å². The molecule has 30 heavy (non-hydrogen) atoms. The van der Waals surface area contributed by atoms with Gasteiger partial charge in [-0.2, -0.15) is 8.42 Å². The van der Waals surface area contributed by atoms with E-state index >= 15 is 0 Å². The van der Waals surface area contributed by atoms with E-state index in [9.17, 15) is 13.2 Å². The maximum absolute atomic E-state index is 11.6. The van der Waals surface area contributed by atoms with Crippen molar-refractivity contribution in [2.45, 2.75) is 96.8 Å². The van der Waals surface area contributed by atoms with E-state index in [1.165, 1.54) is 76.2 Å². The fourth-order valence-corrected chi connectivity index (χ4v) is 3.60. The average Bonchev–Trinajstić information content (AvgIpc) is 2.69. The van der Waals surface area contributed by atoms with E-state index in [2.05, 4.69) is 11.1 Å². The van der Waals surface area contributed by atoms with Crippen molar-refractivity contribution in [2.24, 2.45) is 0 Å². The first-order valence-corrected chi connectivity index (χ1v) is 12.7. The van der Waals surface area contributed by atoms with Gasteiger partial charge in [-0.25, -0.2) is 4.18 Å². The predicted octanol–water partition coefficient (Wildman–Crippen LogP) is 6.05. The summed E-state index contributed by atoms with van der Waals surface area (Å²) in [5, 5.41) is 0. The molecule has 0 saturated carbocycles. The van der Waals surface area contributed by atoms with Crippen molar-refractivity contribution in [1.82, 2.24) is 0 Å². The predicted molar refractivity (Wildman–Crippen MR) is 119 cm³/mol. The highest BCUT2D eigenvalue weighted by Crippen LogP contribution is 2.16. The summed E-state index contributed by atoms with van der Waals surface area (Å²) in [6.45, 7) is 1.80. The molecular weight excluding hydrogens is 404 g/mol. The fraction of sp³-hybridized carbons (Fsp3) is 0.696. The van der Waals surface area contributed by atoms with Gasteiger partial charge in [0.05, 0.1) is 13.0 Å². The largest absolute Gasteiger partial charge is 0.426 e. The van der Waals surface area contributed by atoms with Gasteiger partial charge in [0, 0.05) is 0 Å². The van der Waals surface area contributed by atoms with Crippen LogP contribution in [0.15, 0.2) is 24.3 Å². The van der Waals surface area contributed by atoms with Gasteiger partial charge in [0.15, 0.2) is 0 Å². The number of ether oxygens (including phenoxy) is 1. The van der Waals surface area contributed by atoms with E-state index < -0.39 is 23.0 Å². The number of aryl methyl sites for hydroxylation is 1. The molecule has 0 aliphatic heterocycles. The maximum atomic E-state index is 11.6. The van der Waals surface area contributed by atoms with Crippen LogP contribution in [0, 0.1) is 0 Å². The molecule has 172 valence electrons. The van der Waals surface area contributed by atoms with Crippen molar-refractivity contribution >= 4 is 16.4 Å². The minimum atomic E-state index is -4.53. The van der Waals surface area contributed by atoms with E-state index in [0.29, 0.717) is 5.75 Å². The average molecular weight is 443 g/mol. The third kappa shape index (κ3) is 15.4. The summed E-state index contributed by atoms with van der Waals surface area (Å²) in [7, 11) is -4.53. The Kier molecular flexibility index (Phi) is 14.4. The number of benzene rings is 1. The monoisotopic (exact) mass is 442 g/mol. The summed E-state index contributed by atoms with van der Waals surface area (Å²) < 4.78 is 38.5. The van der Waals surface area contributed by atoms with Crippen molar-refractivity contribution < 1.29 is 26.7 Å². The van der Waals surface area contributed by atoms with E-state index in [-0.39, 0.29) is 6.42 Å². The van der Waals surface area contributed by atoms with Gasteiger partial charge in [0.1, 0.15) is 5.75 Å². The number of esters is 1. The lowest BCUT2D eigenvalue weighted by Gasteiger charge is -2.06. The molecule has 0 amide bonds. The number of hydrogen-bond acceptors (Lipinski definition) is 5. The topological polar surface area (TPSA) is 89.9 Å². The van der Waals surface area contributed by atoms with Crippen LogP contribution in [0.5, 0.6) is 5.75 Å². The molecule has 0 aromatic heterocycles. The summed E-state index contributed by atoms with van der Waals surface area (Å²) in [5.74, 6) is -0.211. The SMILES string of the molecule is CCCCCCCCCCCCCCc1ccc(OC(=O)CCOS(=O)(=O)O)cc1. The number of hydrogen-bond donors (Lipinski definition) is 1. The van der Waals surface area contributed by atoms with E-state index in [4.69, 9.17) is 9.29 Å². The summed E-state index contributed by atoms with van der Waals surface area (Å²) >= 11 is 0. The molecule has 1 aromatic rings. The minimum absolute atomic E-state index is 0.263. The van der Waals surface area contributed by atoms with Crippen LogP contribution in [0.1, 0.15) is 96.0 Å². The van der Waals surface area contributed by atoms with E-state index in [1.807, 2.05) is 12.1 Å². The molecule has 0 bridgehead atoms. The van der Waals surface area contributed by atoms with Crippen molar-refractivity contribution in [3.05, 3.63) is 29.8 Å². The van der Waals surface area contributed by atoms with Gasteiger partial charge in [-0.1, -0.05) is 89.7 Å². The van der Waals surface area contributed by atoms with Gasteiger partial charge in [-0.15, -0.1) is 0 Å². The molecule has 0 heterocycles. The van der Waals surface area contributed by atoms with Gasteiger partial charge in [-0.05, 0) is 30.5 Å². The van der Waals surface area contributed by atoms with Crippen molar-refractivity contribution in [1.29, 1.82) is 0 Å². The number of unbranched alkanes of at least 4 members (excludes halogenated alkanes) is 11. The first-order valence-electron chi connectivity index (χ1n) is 11.3. The lowest BCUT2D eigenvalue weighted by molar-refractivity contribution is -0.134. The third-order valence-corrected chi connectivity index (χ3v) is 5.48. The lowest BCUT2D eigenvalue weighted by atomic mass is 10.0. The van der Waals surface area contributed by atoms with E-state index in [0.717, 1.165) is 12.8 Å². The van der Waals surface area contributed by atoms with E-state index in [1.54, 1.807) is 12.1 Å². The summed E-state index contributed by atoms with van der Waals surface area (Å²) in [5.41, 5.74) is 1.21. The Hall–Kier alpha value is -1.44. The Morgan fingerprint density at radius 1 is 0.833 bits per heavy atom. The van der Waals surface area contributed by atoms with Crippen molar-refractivity contribution in [2.75, 3.05) is 6.61 Å². The second-order valence-electron chi connectivity index (χ2n) is 7.76. The Morgan fingerprint density at radius 2 is 1.33 bits per heavy atom. The lowest BCUT2D eigenvalue weighted by Crippen LogP contribution is -2.13. The molecule has 0 spiro atoms. The van der Waals surface area contributed by atoms with Gasteiger partial charge in [-0.3, -0.25) is 9.35 Å². The van der Waals surface area contributed by atoms with Crippen LogP contribution in [0.4, 0.5) is 0 Å². The Balaban J connectivity index is 2.04. The Morgan fingerprint density at radius 3 is 1.83 bits per heavy atom. The Bertz CT molecular complexity index is 669. The van der Waals surface area contributed by atoms with Gasteiger partial charge >= 0.3 is 16.4 Å². The third-order valence-electron chi connectivity index (χ3n) is 5.01. The van der Waals surface area contributed by atoms with Crippen LogP contribution in [-0.2, 0) is 25.8 Å². The molecule has 7 heteroatoms. The van der Waals surface area contributed by atoms with Gasteiger partial charge in [0.2, 0.25) is 0 Å². The molecule has 0 radical (unpaired) electrons. The van der Waals surface area contributed by atoms with Crippen molar-refractivity contribution in [3.63, 3.8) is 0 Å². The number of rotatable bonds is 18. The Labute approximate surface area is 182 Å². The molecule has 1 aromatic carbocycles. The zero-order chi connectivity index (χ0) is 22.1. The van der Waals surface area contributed by atoms with Crippen LogP contribution in [0.25, 0.3) is 0 Å². The molecule has 0 aliphatic carbocycles. The molecule has 0 fully saturated rings. The minimum Gasteiger partial charge on any atom is -0.426 e. The maximum Gasteiger partial charge on any atom is 0.397 e. The normalized spacial score (nSPS) is 11.5. The molecule has 1 N–H and O–H groups in total. The molecule has 1 rings (SSSR count). The first kappa shape index (κ1) is 26.6.